The Bertz CT molecular complexity index is 1190. The van der Waals surface area contributed by atoms with E-state index in [1.54, 1.807) is 4.90 Å². The summed E-state index contributed by atoms with van der Waals surface area (Å²) in [7, 11) is 0. The number of carbonyl (C=O) groups excluding carboxylic acids is 2. The number of nitrogens with zero attached hydrogens (tertiary/aromatic N) is 1. The quantitative estimate of drug-likeness (QED) is 0.548. The summed E-state index contributed by atoms with van der Waals surface area (Å²) in [5.41, 5.74) is 3.53. The van der Waals surface area contributed by atoms with Gasteiger partial charge in [0.25, 0.3) is 0 Å². The summed E-state index contributed by atoms with van der Waals surface area (Å²) in [5.74, 6) is 0.819. The minimum atomic E-state index is -0.192. The van der Waals surface area contributed by atoms with Gasteiger partial charge in [-0.05, 0) is 60.4 Å². The Labute approximate surface area is 182 Å². The molecule has 1 amide bonds. The molecule has 0 aromatic heterocycles. The lowest BCUT2D eigenvalue weighted by Crippen LogP contribution is -2.40. The molecule has 2 aliphatic rings. The predicted octanol–water partition coefficient (Wildman–Crippen LogP) is 5.77. The van der Waals surface area contributed by atoms with Crippen LogP contribution < -0.4 is 9.64 Å². The van der Waals surface area contributed by atoms with E-state index >= 15 is 0 Å². The Morgan fingerprint density at radius 1 is 0.935 bits per heavy atom. The molecular formula is C27H25NO3. The van der Waals surface area contributed by atoms with Gasteiger partial charge in [0.05, 0.1) is 6.61 Å². The monoisotopic (exact) mass is 411 g/mol. The molecule has 0 N–H and O–H groups in total. The highest BCUT2D eigenvalue weighted by Crippen LogP contribution is 2.44. The van der Waals surface area contributed by atoms with E-state index in [-0.39, 0.29) is 17.6 Å². The molecule has 31 heavy (non-hydrogen) atoms. The Balaban J connectivity index is 1.59. The highest BCUT2D eigenvalue weighted by Gasteiger charge is 2.39. The van der Waals surface area contributed by atoms with Gasteiger partial charge in [0, 0.05) is 35.7 Å². The maximum absolute atomic E-state index is 13.4. The van der Waals surface area contributed by atoms with Gasteiger partial charge in [-0.1, -0.05) is 42.5 Å². The van der Waals surface area contributed by atoms with Crippen molar-refractivity contribution in [2.24, 2.45) is 0 Å². The third kappa shape index (κ3) is 3.52. The topological polar surface area (TPSA) is 46.6 Å². The number of anilines is 1. The molecule has 1 aliphatic heterocycles. The largest absolute Gasteiger partial charge is 0.494 e. The number of ether oxygens (including phenoxy) is 1. The molecule has 0 spiro atoms. The maximum Gasteiger partial charge on any atom is 0.232 e. The lowest BCUT2D eigenvalue weighted by Gasteiger charge is -2.38. The third-order valence-corrected chi connectivity index (χ3v) is 6.26. The standard InChI is InChI=1S/C27H25NO3/c1-2-31-22-14-11-19(12-15-22)23-17-26(30)28(24-8-5-9-25(29)27(23)24)21-13-10-18-6-3-4-7-20(18)16-21/h3-4,6-7,10-16,23H,2,5,8-9,17H2,1H3. The number of benzene rings is 3. The van der Waals surface area contributed by atoms with Crippen LogP contribution in [0.1, 0.15) is 44.1 Å². The predicted molar refractivity (Wildman–Crippen MR) is 122 cm³/mol. The van der Waals surface area contributed by atoms with Gasteiger partial charge in [-0.3, -0.25) is 14.5 Å². The van der Waals surface area contributed by atoms with Crippen LogP contribution in [0.5, 0.6) is 5.75 Å². The van der Waals surface area contributed by atoms with Crippen LogP contribution in [0.2, 0.25) is 0 Å². The van der Waals surface area contributed by atoms with E-state index in [4.69, 9.17) is 4.74 Å². The molecule has 1 atom stereocenters. The lowest BCUT2D eigenvalue weighted by molar-refractivity contribution is -0.119. The maximum atomic E-state index is 13.4. The second-order valence-electron chi connectivity index (χ2n) is 8.16. The number of hydrogen-bond acceptors (Lipinski definition) is 3. The van der Waals surface area contributed by atoms with Crippen molar-refractivity contribution in [3.05, 3.63) is 83.6 Å². The average Bonchev–Trinajstić information content (AvgIpc) is 2.79. The van der Waals surface area contributed by atoms with Crippen molar-refractivity contribution in [1.82, 2.24) is 0 Å². The zero-order valence-electron chi connectivity index (χ0n) is 17.6. The molecule has 1 aliphatic carbocycles. The van der Waals surface area contributed by atoms with Crippen LogP contribution in [0, 0.1) is 0 Å². The molecule has 156 valence electrons. The number of amides is 1. The summed E-state index contributed by atoms with van der Waals surface area (Å²) in [6.45, 7) is 2.56. The number of allylic oxidation sites excluding steroid dienone is 2. The number of hydrogen-bond donors (Lipinski definition) is 0. The summed E-state index contributed by atoms with van der Waals surface area (Å²) in [6, 6.07) is 22.0. The van der Waals surface area contributed by atoms with Crippen LogP contribution >= 0.6 is 0 Å². The van der Waals surface area contributed by atoms with E-state index in [2.05, 4.69) is 12.1 Å². The van der Waals surface area contributed by atoms with Crippen molar-refractivity contribution in [3.8, 4) is 5.75 Å². The van der Waals surface area contributed by atoms with Gasteiger partial charge in [0.2, 0.25) is 5.91 Å². The number of rotatable bonds is 4. The van der Waals surface area contributed by atoms with E-state index in [1.165, 1.54) is 0 Å². The summed E-state index contributed by atoms with van der Waals surface area (Å²) >= 11 is 0. The average molecular weight is 412 g/mol. The zero-order chi connectivity index (χ0) is 21.4. The smallest absolute Gasteiger partial charge is 0.232 e. The Morgan fingerprint density at radius 3 is 2.48 bits per heavy atom. The van der Waals surface area contributed by atoms with Crippen LogP contribution in [-0.4, -0.2) is 18.3 Å². The first-order valence-corrected chi connectivity index (χ1v) is 11.0. The number of ketones is 1. The molecular weight excluding hydrogens is 386 g/mol. The van der Waals surface area contributed by atoms with Crippen molar-refractivity contribution in [3.63, 3.8) is 0 Å². The van der Waals surface area contributed by atoms with E-state index in [0.29, 0.717) is 19.4 Å². The zero-order valence-corrected chi connectivity index (χ0v) is 17.6. The highest BCUT2D eigenvalue weighted by molar-refractivity contribution is 6.08. The van der Waals surface area contributed by atoms with Gasteiger partial charge in [0.15, 0.2) is 5.78 Å². The highest BCUT2D eigenvalue weighted by atomic mass is 16.5. The second kappa shape index (κ2) is 8.03. The van der Waals surface area contributed by atoms with Crippen LogP contribution in [0.3, 0.4) is 0 Å². The van der Waals surface area contributed by atoms with E-state index in [1.807, 2.05) is 61.5 Å². The normalized spacial score (nSPS) is 19.0. The van der Waals surface area contributed by atoms with Crippen molar-refractivity contribution in [2.45, 2.75) is 38.5 Å². The van der Waals surface area contributed by atoms with E-state index < -0.39 is 0 Å². The minimum Gasteiger partial charge on any atom is -0.494 e. The van der Waals surface area contributed by atoms with Crippen molar-refractivity contribution in [1.29, 1.82) is 0 Å². The first-order chi connectivity index (χ1) is 15.2. The summed E-state index contributed by atoms with van der Waals surface area (Å²) < 4.78 is 5.55. The van der Waals surface area contributed by atoms with Crippen LogP contribution in [0.25, 0.3) is 10.8 Å². The van der Waals surface area contributed by atoms with Gasteiger partial charge in [-0.2, -0.15) is 0 Å². The molecule has 5 rings (SSSR count). The molecule has 0 fully saturated rings. The Hall–Kier alpha value is -3.40. The third-order valence-electron chi connectivity index (χ3n) is 6.26. The van der Waals surface area contributed by atoms with Gasteiger partial charge < -0.3 is 4.74 Å². The molecule has 0 radical (unpaired) electrons. The molecule has 3 aromatic carbocycles. The molecule has 1 unspecified atom stereocenters. The van der Waals surface area contributed by atoms with Gasteiger partial charge in [-0.25, -0.2) is 0 Å². The SMILES string of the molecule is CCOc1ccc(C2CC(=O)N(c3ccc4ccccc4c3)C3=C2C(=O)CCC3)cc1. The summed E-state index contributed by atoms with van der Waals surface area (Å²) in [5, 5.41) is 2.22. The summed E-state index contributed by atoms with van der Waals surface area (Å²) in [4.78, 5) is 28.3. The minimum absolute atomic E-state index is 0.0441. The lowest BCUT2D eigenvalue weighted by atomic mass is 9.77. The van der Waals surface area contributed by atoms with Crippen molar-refractivity contribution in [2.75, 3.05) is 11.5 Å². The van der Waals surface area contributed by atoms with Gasteiger partial charge in [0.1, 0.15) is 5.75 Å². The van der Waals surface area contributed by atoms with Crippen LogP contribution in [-0.2, 0) is 9.59 Å². The molecule has 0 bridgehead atoms. The van der Waals surface area contributed by atoms with Gasteiger partial charge in [-0.15, -0.1) is 0 Å². The summed E-state index contributed by atoms with van der Waals surface area (Å²) in [6.07, 6.45) is 2.37. The number of Topliss-reactive ketones (excluding diaryl/α,β-unsaturated/α-hetero) is 1. The van der Waals surface area contributed by atoms with E-state index in [9.17, 15) is 9.59 Å². The number of fused-ring (bicyclic) bond motifs is 1. The van der Waals surface area contributed by atoms with Crippen molar-refractivity contribution < 1.29 is 14.3 Å². The molecule has 0 saturated heterocycles. The van der Waals surface area contributed by atoms with Crippen LogP contribution in [0.4, 0.5) is 5.69 Å². The fraction of sp³-hybridized carbons (Fsp3) is 0.259. The Morgan fingerprint density at radius 2 is 1.71 bits per heavy atom. The fourth-order valence-electron chi connectivity index (χ4n) is 4.86. The second-order valence-corrected chi connectivity index (χ2v) is 8.16. The molecule has 4 nitrogen and oxygen atoms in total. The fourth-order valence-corrected chi connectivity index (χ4v) is 4.86. The molecule has 0 saturated carbocycles. The van der Waals surface area contributed by atoms with Gasteiger partial charge >= 0.3 is 0 Å². The van der Waals surface area contributed by atoms with Crippen LogP contribution in [0.15, 0.2) is 78.0 Å². The first kappa shape index (κ1) is 19.6. The van der Waals surface area contributed by atoms with E-state index in [0.717, 1.165) is 51.9 Å². The first-order valence-electron chi connectivity index (χ1n) is 11.0. The van der Waals surface area contributed by atoms with Crippen molar-refractivity contribution >= 4 is 28.2 Å². The Kier molecular flexibility index (Phi) is 5.06. The molecule has 4 heteroatoms. The number of carbonyl (C=O) groups is 2. The molecule has 1 heterocycles. The molecule has 3 aromatic rings.